The number of aryl methyl sites for hydroxylation is 1. The predicted octanol–water partition coefficient (Wildman–Crippen LogP) is 0.989. The van der Waals surface area contributed by atoms with Gasteiger partial charge < -0.3 is 10.1 Å². The standard InChI is InChI=1S/C17H19N3O4/c21-15-9-8-14(19-20-15)17(23)24-10-16(22)18-13-7-3-5-11-4-1-2-6-12(11)13/h1-2,4,6,13H,3,5,7-10H2,(H,18,22)(H,20,21)/t13-/m1/s1. The van der Waals surface area contributed by atoms with Gasteiger partial charge in [0.15, 0.2) is 6.61 Å². The van der Waals surface area contributed by atoms with Gasteiger partial charge in [0.25, 0.3) is 5.91 Å². The first-order valence-corrected chi connectivity index (χ1v) is 8.03. The van der Waals surface area contributed by atoms with E-state index in [9.17, 15) is 14.4 Å². The molecule has 1 aliphatic heterocycles. The Morgan fingerprint density at radius 3 is 2.88 bits per heavy atom. The van der Waals surface area contributed by atoms with Gasteiger partial charge in [-0.05, 0) is 30.4 Å². The van der Waals surface area contributed by atoms with Crippen molar-refractivity contribution < 1.29 is 19.1 Å². The van der Waals surface area contributed by atoms with Gasteiger partial charge >= 0.3 is 5.97 Å². The normalized spacial score (nSPS) is 19.6. The molecule has 0 bridgehead atoms. The highest BCUT2D eigenvalue weighted by molar-refractivity contribution is 6.37. The molecule has 3 rings (SSSR count). The number of rotatable bonds is 4. The van der Waals surface area contributed by atoms with Crippen molar-refractivity contribution in [3.8, 4) is 0 Å². The average molecular weight is 329 g/mol. The van der Waals surface area contributed by atoms with Gasteiger partial charge in [-0.2, -0.15) is 5.10 Å². The first-order valence-electron chi connectivity index (χ1n) is 8.03. The lowest BCUT2D eigenvalue weighted by atomic mass is 9.88. The van der Waals surface area contributed by atoms with E-state index in [2.05, 4.69) is 21.9 Å². The summed E-state index contributed by atoms with van der Waals surface area (Å²) in [4.78, 5) is 34.9. The molecule has 2 amide bonds. The van der Waals surface area contributed by atoms with E-state index < -0.39 is 5.97 Å². The first-order chi connectivity index (χ1) is 11.6. The minimum absolute atomic E-state index is 0.0486. The monoisotopic (exact) mass is 329 g/mol. The second-order valence-electron chi connectivity index (χ2n) is 5.88. The summed E-state index contributed by atoms with van der Waals surface area (Å²) in [6, 6.07) is 7.99. The molecule has 0 unspecified atom stereocenters. The molecule has 0 radical (unpaired) electrons. The van der Waals surface area contributed by atoms with Crippen LogP contribution in [0.1, 0.15) is 42.9 Å². The third-order valence-corrected chi connectivity index (χ3v) is 4.18. The van der Waals surface area contributed by atoms with Gasteiger partial charge in [-0.3, -0.25) is 9.59 Å². The molecule has 1 heterocycles. The van der Waals surface area contributed by atoms with E-state index in [4.69, 9.17) is 4.74 Å². The minimum atomic E-state index is -0.672. The first kappa shape index (κ1) is 16.2. The molecule has 2 aliphatic rings. The number of carbonyl (C=O) groups excluding carboxylic acids is 3. The van der Waals surface area contributed by atoms with E-state index in [-0.39, 0.29) is 43.0 Å². The van der Waals surface area contributed by atoms with Gasteiger partial charge in [-0.1, -0.05) is 24.3 Å². The lowest BCUT2D eigenvalue weighted by molar-refractivity contribution is -0.142. The van der Waals surface area contributed by atoms with Crippen LogP contribution in [0.3, 0.4) is 0 Å². The summed E-state index contributed by atoms with van der Waals surface area (Å²) in [6.07, 6.45) is 3.32. The number of amides is 2. The van der Waals surface area contributed by atoms with Crippen molar-refractivity contribution in [1.82, 2.24) is 10.7 Å². The van der Waals surface area contributed by atoms with Crippen LogP contribution >= 0.6 is 0 Å². The highest BCUT2D eigenvalue weighted by atomic mass is 16.5. The number of carbonyl (C=O) groups is 3. The van der Waals surface area contributed by atoms with Crippen LogP contribution in [-0.4, -0.2) is 30.1 Å². The number of hydrazone groups is 1. The summed E-state index contributed by atoms with van der Waals surface area (Å²) in [5, 5.41) is 6.56. The number of hydrogen-bond donors (Lipinski definition) is 2. The number of nitrogens with zero attached hydrogens (tertiary/aromatic N) is 1. The Morgan fingerprint density at radius 1 is 1.25 bits per heavy atom. The van der Waals surface area contributed by atoms with Crippen LogP contribution in [0.15, 0.2) is 29.4 Å². The maximum Gasteiger partial charge on any atom is 0.355 e. The van der Waals surface area contributed by atoms with Gasteiger partial charge in [0.05, 0.1) is 6.04 Å². The fourth-order valence-corrected chi connectivity index (χ4v) is 2.98. The van der Waals surface area contributed by atoms with E-state index in [1.54, 1.807) is 0 Å². The SMILES string of the molecule is O=C1CCC(C(=O)OCC(=O)N[C@@H]2CCCc3ccccc32)=NN1. The minimum Gasteiger partial charge on any atom is -0.451 e. The van der Waals surface area contributed by atoms with Crippen molar-refractivity contribution in [1.29, 1.82) is 0 Å². The summed E-state index contributed by atoms with van der Waals surface area (Å²) in [5.74, 6) is -1.25. The van der Waals surface area contributed by atoms with Crippen LogP contribution in [0, 0.1) is 0 Å². The zero-order chi connectivity index (χ0) is 16.9. The van der Waals surface area contributed by atoms with Crippen LogP contribution in [-0.2, 0) is 25.5 Å². The second kappa shape index (κ2) is 7.25. The summed E-state index contributed by atoms with van der Waals surface area (Å²) >= 11 is 0. The van der Waals surface area contributed by atoms with Crippen LogP contribution in [0.2, 0.25) is 0 Å². The van der Waals surface area contributed by atoms with E-state index in [0.717, 1.165) is 24.8 Å². The largest absolute Gasteiger partial charge is 0.451 e. The molecule has 126 valence electrons. The van der Waals surface area contributed by atoms with Gasteiger partial charge in [0.2, 0.25) is 5.91 Å². The number of hydrogen-bond acceptors (Lipinski definition) is 5. The summed E-state index contributed by atoms with van der Waals surface area (Å²) in [5.41, 5.74) is 4.73. The molecule has 7 heteroatoms. The van der Waals surface area contributed by atoms with Gasteiger partial charge in [-0.15, -0.1) is 0 Å². The topological polar surface area (TPSA) is 96.9 Å². The van der Waals surface area contributed by atoms with Crippen LogP contribution in [0.25, 0.3) is 0 Å². The predicted molar refractivity (Wildman–Crippen MR) is 86.0 cm³/mol. The Kier molecular flexibility index (Phi) is 4.88. The van der Waals surface area contributed by atoms with E-state index in [0.29, 0.717) is 0 Å². The summed E-state index contributed by atoms with van der Waals surface area (Å²) in [6.45, 7) is -0.357. The molecule has 1 aromatic carbocycles. The van der Waals surface area contributed by atoms with Crippen molar-refractivity contribution in [2.75, 3.05) is 6.61 Å². The molecule has 1 atom stereocenters. The Labute approximate surface area is 139 Å². The Bertz CT molecular complexity index is 699. The Hall–Kier alpha value is -2.70. The van der Waals surface area contributed by atoms with E-state index >= 15 is 0 Å². The molecule has 0 fully saturated rings. The molecule has 0 spiro atoms. The van der Waals surface area contributed by atoms with Crippen molar-refractivity contribution in [3.05, 3.63) is 35.4 Å². The fourth-order valence-electron chi connectivity index (χ4n) is 2.98. The third-order valence-electron chi connectivity index (χ3n) is 4.18. The molecule has 0 saturated carbocycles. The lowest BCUT2D eigenvalue weighted by Gasteiger charge is -2.26. The number of benzene rings is 1. The van der Waals surface area contributed by atoms with Crippen LogP contribution in [0.5, 0.6) is 0 Å². The van der Waals surface area contributed by atoms with Gasteiger partial charge in [-0.25, -0.2) is 10.2 Å². The molecular formula is C17H19N3O4. The number of esters is 1. The van der Waals surface area contributed by atoms with Crippen LogP contribution in [0.4, 0.5) is 0 Å². The highest BCUT2D eigenvalue weighted by Crippen LogP contribution is 2.29. The van der Waals surface area contributed by atoms with Crippen molar-refractivity contribution in [2.24, 2.45) is 5.10 Å². The number of ether oxygens (including phenoxy) is 1. The molecule has 1 aliphatic carbocycles. The van der Waals surface area contributed by atoms with Crippen molar-refractivity contribution >= 4 is 23.5 Å². The second-order valence-corrected chi connectivity index (χ2v) is 5.88. The van der Waals surface area contributed by atoms with Crippen LogP contribution < -0.4 is 10.7 Å². The average Bonchev–Trinajstić information content (AvgIpc) is 2.61. The molecule has 7 nitrogen and oxygen atoms in total. The zero-order valence-corrected chi connectivity index (χ0v) is 13.2. The molecule has 24 heavy (non-hydrogen) atoms. The van der Waals surface area contributed by atoms with Gasteiger partial charge in [0.1, 0.15) is 5.71 Å². The molecule has 0 aromatic heterocycles. The maximum atomic E-state index is 12.1. The number of fused-ring (bicyclic) bond motifs is 1. The Balaban J connectivity index is 1.52. The van der Waals surface area contributed by atoms with Gasteiger partial charge in [0, 0.05) is 12.8 Å². The van der Waals surface area contributed by atoms with Crippen molar-refractivity contribution in [3.63, 3.8) is 0 Å². The molecular weight excluding hydrogens is 310 g/mol. The molecule has 1 aromatic rings. The summed E-state index contributed by atoms with van der Waals surface area (Å²) < 4.78 is 4.97. The summed E-state index contributed by atoms with van der Waals surface area (Å²) in [7, 11) is 0. The van der Waals surface area contributed by atoms with E-state index in [1.807, 2.05) is 18.2 Å². The highest BCUT2D eigenvalue weighted by Gasteiger charge is 2.23. The molecule has 0 saturated heterocycles. The third kappa shape index (κ3) is 3.79. The lowest BCUT2D eigenvalue weighted by Crippen LogP contribution is -2.36. The maximum absolute atomic E-state index is 12.1. The van der Waals surface area contributed by atoms with E-state index in [1.165, 1.54) is 5.56 Å². The fraction of sp³-hybridized carbons (Fsp3) is 0.412. The Morgan fingerprint density at radius 2 is 2.08 bits per heavy atom. The molecule has 2 N–H and O–H groups in total. The smallest absolute Gasteiger partial charge is 0.355 e. The number of nitrogens with one attached hydrogen (secondary N) is 2. The van der Waals surface area contributed by atoms with Crippen molar-refractivity contribution in [2.45, 2.75) is 38.1 Å². The quantitative estimate of drug-likeness (QED) is 0.805. The zero-order valence-electron chi connectivity index (χ0n) is 13.2.